The zero-order valence-corrected chi connectivity index (χ0v) is 7.06. The molecule has 0 bridgehead atoms. The van der Waals surface area contributed by atoms with Crippen LogP contribution < -0.4 is 5.32 Å². The number of unbranched alkanes of at least 4 members (excludes halogenated alkanes) is 1. The Kier molecular flexibility index (Phi) is 6.98. The highest BCUT2D eigenvalue weighted by Gasteiger charge is 1.98. The van der Waals surface area contributed by atoms with Crippen LogP contribution >= 0.6 is 0 Å². The van der Waals surface area contributed by atoms with Gasteiger partial charge in [0.25, 0.3) is 0 Å². The van der Waals surface area contributed by atoms with E-state index in [9.17, 15) is 5.11 Å². The van der Waals surface area contributed by atoms with Crippen LogP contribution in [0.1, 0.15) is 39.5 Å². The van der Waals surface area contributed by atoms with Crippen LogP contribution in [-0.4, -0.2) is 17.9 Å². The minimum Gasteiger partial charge on any atom is -0.379 e. The summed E-state index contributed by atoms with van der Waals surface area (Å²) in [6.07, 6.45) is 3.96. The molecule has 0 aliphatic heterocycles. The Bertz CT molecular complexity index is 58.3. The second kappa shape index (κ2) is 7.03. The highest BCUT2D eigenvalue weighted by Crippen LogP contribution is 1.96. The Hall–Kier alpha value is -0.0800. The third-order valence-electron chi connectivity index (χ3n) is 1.46. The lowest BCUT2D eigenvalue weighted by Gasteiger charge is -2.10. The Labute approximate surface area is 63.6 Å². The van der Waals surface area contributed by atoms with E-state index in [0.29, 0.717) is 0 Å². The Morgan fingerprint density at radius 1 is 1.30 bits per heavy atom. The van der Waals surface area contributed by atoms with Gasteiger partial charge in [-0.1, -0.05) is 20.3 Å². The largest absolute Gasteiger partial charge is 0.379 e. The highest BCUT2D eigenvalue weighted by molar-refractivity contribution is 4.51. The molecule has 0 saturated carbocycles. The van der Waals surface area contributed by atoms with Gasteiger partial charge in [0.15, 0.2) is 0 Å². The number of hydrogen-bond donors (Lipinski definition) is 2. The summed E-state index contributed by atoms with van der Waals surface area (Å²) < 4.78 is 0. The molecule has 2 nitrogen and oxygen atoms in total. The number of nitrogens with one attached hydrogen (secondary N) is 1. The molecule has 0 aromatic carbocycles. The monoisotopic (exact) mass is 145 g/mol. The van der Waals surface area contributed by atoms with Gasteiger partial charge in [-0.3, -0.25) is 5.32 Å². The van der Waals surface area contributed by atoms with E-state index < -0.39 is 0 Å². The molecular weight excluding hydrogens is 126 g/mol. The van der Waals surface area contributed by atoms with E-state index in [4.69, 9.17) is 0 Å². The van der Waals surface area contributed by atoms with E-state index in [2.05, 4.69) is 19.2 Å². The van der Waals surface area contributed by atoms with E-state index in [1.807, 2.05) is 0 Å². The molecule has 0 aromatic rings. The Morgan fingerprint density at radius 2 is 2.00 bits per heavy atom. The van der Waals surface area contributed by atoms with Crippen LogP contribution in [0, 0.1) is 0 Å². The molecule has 2 heteroatoms. The summed E-state index contributed by atoms with van der Waals surface area (Å²) in [6.45, 7) is 5.15. The Balaban J connectivity index is 3.00. The van der Waals surface area contributed by atoms with Crippen LogP contribution in [0.2, 0.25) is 0 Å². The third kappa shape index (κ3) is 6.05. The average molecular weight is 145 g/mol. The normalized spacial score (nSPS) is 13.5. The summed E-state index contributed by atoms with van der Waals surface area (Å²) in [5, 5.41) is 12.2. The molecule has 1 atom stereocenters. The van der Waals surface area contributed by atoms with Crippen LogP contribution in [0.15, 0.2) is 0 Å². The van der Waals surface area contributed by atoms with Crippen molar-refractivity contribution in [1.29, 1.82) is 0 Å². The second-order valence-corrected chi connectivity index (χ2v) is 2.61. The summed E-state index contributed by atoms with van der Waals surface area (Å²) in [4.78, 5) is 0. The first kappa shape index (κ1) is 9.92. The molecule has 10 heavy (non-hydrogen) atoms. The molecule has 0 heterocycles. The van der Waals surface area contributed by atoms with Crippen molar-refractivity contribution in [2.45, 2.75) is 45.8 Å². The van der Waals surface area contributed by atoms with Gasteiger partial charge in [0.2, 0.25) is 0 Å². The molecule has 0 amide bonds. The van der Waals surface area contributed by atoms with Crippen molar-refractivity contribution in [2.75, 3.05) is 6.54 Å². The van der Waals surface area contributed by atoms with Crippen molar-refractivity contribution >= 4 is 0 Å². The van der Waals surface area contributed by atoms with Gasteiger partial charge in [-0.05, 0) is 25.8 Å². The molecule has 0 aliphatic carbocycles. The topological polar surface area (TPSA) is 32.3 Å². The van der Waals surface area contributed by atoms with Crippen LogP contribution in [0.4, 0.5) is 0 Å². The first-order valence-electron chi connectivity index (χ1n) is 4.22. The molecule has 0 rings (SSSR count). The van der Waals surface area contributed by atoms with Crippen molar-refractivity contribution in [3.8, 4) is 0 Å². The smallest absolute Gasteiger partial charge is 0.104 e. The SMILES string of the molecule is CCCCC(O)NCCC. The fourth-order valence-electron chi connectivity index (χ4n) is 0.810. The minimum atomic E-state index is -0.278. The predicted molar refractivity (Wildman–Crippen MR) is 43.8 cm³/mol. The van der Waals surface area contributed by atoms with Gasteiger partial charge in [0, 0.05) is 0 Å². The second-order valence-electron chi connectivity index (χ2n) is 2.61. The highest BCUT2D eigenvalue weighted by atomic mass is 16.3. The molecule has 0 spiro atoms. The van der Waals surface area contributed by atoms with Gasteiger partial charge in [-0.25, -0.2) is 0 Å². The van der Waals surface area contributed by atoms with E-state index >= 15 is 0 Å². The number of rotatable bonds is 6. The van der Waals surface area contributed by atoms with Gasteiger partial charge < -0.3 is 5.11 Å². The van der Waals surface area contributed by atoms with E-state index in [1.165, 1.54) is 0 Å². The van der Waals surface area contributed by atoms with Crippen molar-refractivity contribution in [3.63, 3.8) is 0 Å². The summed E-state index contributed by atoms with van der Waals surface area (Å²) >= 11 is 0. The molecule has 0 aromatic heterocycles. The van der Waals surface area contributed by atoms with Crippen LogP contribution in [0.3, 0.4) is 0 Å². The Morgan fingerprint density at radius 3 is 2.50 bits per heavy atom. The fourth-order valence-corrected chi connectivity index (χ4v) is 0.810. The average Bonchev–Trinajstić information content (AvgIpc) is 1.97. The molecule has 0 radical (unpaired) electrons. The molecule has 0 fully saturated rings. The van der Waals surface area contributed by atoms with Gasteiger partial charge in [0.05, 0.1) is 0 Å². The number of hydrogen-bond acceptors (Lipinski definition) is 2. The van der Waals surface area contributed by atoms with Gasteiger partial charge in [0.1, 0.15) is 6.23 Å². The minimum absolute atomic E-state index is 0.278. The summed E-state index contributed by atoms with van der Waals surface area (Å²) in [5.74, 6) is 0. The first-order valence-corrected chi connectivity index (χ1v) is 4.22. The fraction of sp³-hybridized carbons (Fsp3) is 1.00. The van der Waals surface area contributed by atoms with Crippen molar-refractivity contribution in [1.82, 2.24) is 5.32 Å². The van der Waals surface area contributed by atoms with Crippen LogP contribution in [0.25, 0.3) is 0 Å². The molecule has 62 valence electrons. The molecular formula is C8H19NO. The quantitative estimate of drug-likeness (QED) is 0.555. The lowest BCUT2D eigenvalue weighted by Crippen LogP contribution is -2.28. The standard InChI is InChI=1S/C8H19NO/c1-3-5-6-8(10)9-7-4-2/h8-10H,3-7H2,1-2H3. The lowest BCUT2D eigenvalue weighted by atomic mass is 10.2. The van der Waals surface area contributed by atoms with E-state index in [1.54, 1.807) is 0 Å². The van der Waals surface area contributed by atoms with E-state index in [-0.39, 0.29) is 6.23 Å². The summed E-state index contributed by atoms with van der Waals surface area (Å²) in [7, 11) is 0. The first-order chi connectivity index (χ1) is 4.81. The van der Waals surface area contributed by atoms with Gasteiger partial charge in [-0.15, -0.1) is 0 Å². The number of aliphatic hydroxyl groups excluding tert-OH is 1. The maximum absolute atomic E-state index is 9.20. The molecule has 2 N–H and O–H groups in total. The zero-order valence-electron chi connectivity index (χ0n) is 7.06. The summed E-state index contributed by atoms with van der Waals surface area (Å²) in [6, 6.07) is 0. The van der Waals surface area contributed by atoms with Crippen molar-refractivity contribution in [2.24, 2.45) is 0 Å². The van der Waals surface area contributed by atoms with Crippen molar-refractivity contribution in [3.05, 3.63) is 0 Å². The predicted octanol–water partition coefficient (Wildman–Crippen LogP) is 1.49. The number of aliphatic hydroxyl groups is 1. The van der Waals surface area contributed by atoms with Crippen LogP contribution in [0.5, 0.6) is 0 Å². The lowest BCUT2D eigenvalue weighted by molar-refractivity contribution is 0.125. The maximum Gasteiger partial charge on any atom is 0.104 e. The van der Waals surface area contributed by atoms with Gasteiger partial charge >= 0.3 is 0 Å². The molecule has 0 aliphatic rings. The third-order valence-corrected chi connectivity index (χ3v) is 1.46. The zero-order chi connectivity index (χ0) is 7.82. The molecule has 1 unspecified atom stereocenters. The maximum atomic E-state index is 9.20. The summed E-state index contributed by atoms with van der Waals surface area (Å²) in [5.41, 5.74) is 0. The molecule has 0 saturated heterocycles. The van der Waals surface area contributed by atoms with Crippen LogP contribution in [-0.2, 0) is 0 Å². The van der Waals surface area contributed by atoms with E-state index in [0.717, 1.165) is 32.2 Å². The van der Waals surface area contributed by atoms with Gasteiger partial charge in [-0.2, -0.15) is 0 Å². The van der Waals surface area contributed by atoms with Crippen molar-refractivity contribution < 1.29 is 5.11 Å².